The van der Waals surface area contributed by atoms with Crippen LogP contribution in [0.3, 0.4) is 0 Å². The highest BCUT2D eigenvalue weighted by Crippen LogP contribution is 2.32. The summed E-state index contributed by atoms with van der Waals surface area (Å²) in [5.41, 5.74) is -0.657. The zero-order valence-electron chi connectivity index (χ0n) is 10.8. The van der Waals surface area contributed by atoms with E-state index in [-0.39, 0.29) is 16.4 Å². The van der Waals surface area contributed by atoms with Crippen LogP contribution in [0.15, 0.2) is 18.2 Å². The van der Waals surface area contributed by atoms with Crippen LogP contribution in [0, 0.1) is 5.41 Å². The Morgan fingerprint density at radius 1 is 1.32 bits per heavy atom. The summed E-state index contributed by atoms with van der Waals surface area (Å²) in [6.45, 7) is 5.24. The Labute approximate surface area is 114 Å². The summed E-state index contributed by atoms with van der Waals surface area (Å²) in [6, 6.07) is 3.32. The number of carbonyl (C=O) groups excluding carboxylic acids is 1. The molecule has 0 bridgehead atoms. The third-order valence-electron chi connectivity index (χ3n) is 2.91. The van der Waals surface area contributed by atoms with Crippen LogP contribution in [0.4, 0.5) is 13.2 Å². The lowest BCUT2D eigenvalue weighted by Gasteiger charge is -2.22. The van der Waals surface area contributed by atoms with Crippen molar-refractivity contribution in [3.05, 3.63) is 28.8 Å². The van der Waals surface area contributed by atoms with Crippen molar-refractivity contribution in [2.75, 3.05) is 0 Å². The Morgan fingerprint density at radius 2 is 1.89 bits per heavy atom. The molecule has 0 aliphatic carbocycles. The van der Waals surface area contributed by atoms with Gasteiger partial charge in [0.1, 0.15) is 5.75 Å². The molecular weight excluding hydrogens is 281 g/mol. The van der Waals surface area contributed by atoms with Gasteiger partial charge in [0.15, 0.2) is 5.78 Å². The molecule has 0 N–H and O–H groups in total. The van der Waals surface area contributed by atoms with Gasteiger partial charge in [-0.1, -0.05) is 32.4 Å². The average Bonchev–Trinajstić information content (AvgIpc) is 2.29. The molecule has 2 nitrogen and oxygen atoms in total. The van der Waals surface area contributed by atoms with E-state index < -0.39 is 17.5 Å². The Kier molecular flexibility index (Phi) is 4.50. The number of alkyl halides is 3. The molecule has 6 heteroatoms. The second-order valence-electron chi connectivity index (χ2n) is 4.76. The maximum absolute atomic E-state index is 12.2. The first kappa shape index (κ1) is 15.8. The number of hydrogen-bond donors (Lipinski definition) is 0. The van der Waals surface area contributed by atoms with Crippen LogP contribution in [-0.4, -0.2) is 12.1 Å². The summed E-state index contributed by atoms with van der Waals surface area (Å²) in [5, 5.41) is 0.112. The van der Waals surface area contributed by atoms with E-state index in [1.165, 1.54) is 6.07 Å². The summed E-state index contributed by atoms with van der Waals surface area (Å²) >= 11 is 5.87. The Hall–Kier alpha value is -1.23. The third kappa shape index (κ3) is 4.13. The van der Waals surface area contributed by atoms with Crippen molar-refractivity contribution >= 4 is 17.4 Å². The molecule has 0 aromatic heterocycles. The van der Waals surface area contributed by atoms with Gasteiger partial charge in [-0.25, -0.2) is 0 Å². The van der Waals surface area contributed by atoms with Gasteiger partial charge in [0.25, 0.3) is 0 Å². The van der Waals surface area contributed by atoms with Crippen LogP contribution in [-0.2, 0) is 0 Å². The first-order valence-electron chi connectivity index (χ1n) is 5.67. The second-order valence-corrected chi connectivity index (χ2v) is 5.16. The van der Waals surface area contributed by atoms with Crippen LogP contribution in [0.2, 0.25) is 5.02 Å². The predicted molar refractivity (Wildman–Crippen MR) is 66.5 cm³/mol. The Morgan fingerprint density at radius 3 is 2.37 bits per heavy atom. The van der Waals surface area contributed by atoms with Crippen molar-refractivity contribution in [3.63, 3.8) is 0 Å². The van der Waals surface area contributed by atoms with Crippen molar-refractivity contribution in [3.8, 4) is 5.75 Å². The predicted octanol–water partition coefficient (Wildman–Crippen LogP) is 4.86. The second kappa shape index (κ2) is 5.41. The van der Waals surface area contributed by atoms with Gasteiger partial charge in [-0.05, 0) is 24.6 Å². The first-order chi connectivity index (χ1) is 8.57. The zero-order chi connectivity index (χ0) is 14.8. The number of ketones is 1. The van der Waals surface area contributed by atoms with Gasteiger partial charge in [-0.3, -0.25) is 4.79 Å². The SMILES string of the molecule is CCC(C)(C)C(=O)c1cc(OC(F)(F)F)ccc1Cl. The number of halogens is 4. The number of benzene rings is 1. The molecular formula is C13H14ClF3O2. The molecule has 0 radical (unpaired) electrons. The van der Waals surface area contributed by atoms with Crippen molar-refractivity contribution in [1.82, 2.24) is 0 Å². The van der Waals surface area contributed by atoms with E-state index in [1.54, 1.807) is 13.8 Å². The molecule has 1 rings (SSSR count). The minimum Gasteiger partial charge on any atom is -0.406 e. The highest BCUT2D eigenvalue weighted by molar-refractivity contribution is 6.34. The maximum Gasteiger partial charge on any atom is 0.573 e. The molecule has 0 amide bonds. The molecule has 0 atom stereocenters. The molecule has 0 spiro atoms. The topological polar surface area (TPSA) is 26.3 Å². The lowest BCUT2D eigenvalue weighted by Crippen LogP contribution is -2.24. The fraction of sp³-hybridized carbons (Fsp3) is 0.462. The van der Waals surface area contributed by atoms with Gasteiger partial charge in [-0.2, -0.15) is 0 Å². The highest BCUT2D eigenvalue weighted by atomic mass is 35.5. The molecule has 0 saturated heterocycles. The minimum absolute atomic E-state index is 0.0373. The van der Waals surface area contributed by atoms with Crippen LogP contribution < -0.4 is 4.74 Å². The number of carbonyl (C=O) groups is 1. The fourth-order valence-electron chi connectivity index (χ4n) is 1.40. The van der Waals surface area contributed by atoms with Crippen molar-refractivity contribution in [1.29, 1.82) is 0 Å². The molecule has 0 aliphatic heterocycles. The monoisotopic (exact) mass is 294 g/mol. The summed E-state index contributed by atoms with van der Waals surface area (Å²) in [4.78, 5) is 12.2. The third-order valence-corrected chi connectivity index (χ3v) is 3.24. The minimum atomic E-state index is -4.80. The lowest BCUT2D eigenvalue weighted by atomic mass is 9.82. The molecule has 0 aliphatic rings. The van der Waals surface area contributed by atoms with Gasteiger partial charge >= 0.3 is 6.36 Å². The summed E-state index contributed by atoms with van der Waals surface area (Å²) < 4.78 is 40.2. The van der Waals surface area contributed by atoms with Crippen LogP contribution in [0.25, 0.3) is 0 Å². The Balaban J connectivity index is 3.15. The van der Waals surface area contributed by atoms with Gasteiger partial charge in [0.05, 0.1) is 5.02 Å². The number of ether oxygens (including phenoxy) is 1. The molecule has 1 aromatic carbocycles. The van der Waals surface area contributed by atoms with E-state index in [0.29, 0.717) is 6.42 Å². The maximum atomic E-state index is 12.2. The largest absolute Gasteiger partial charge is 0.573 e. The molecule has 0 fully saturated rings. The molecule has 0 saturated carbocycles. The molecule has 19 heavy (non-hydrogen) atoms. The number of Topliss-reactive ketones (excluding diaryl/α,β-unsaturated/α-hetero) is 1. The van der Waals surface area contributed by atoms with Crippen LogP contribution in [0.1, 0.15) is 37.6 Å². The Bertz CT molecular complexity index is 481. The summed E-state index contributed by atoms with van der Waals surface area (Å²) in [5.74, 6) is -0.764. The first-order valence-corrected chi connectivity index (χ1v) is 6.04. The molecule has 1 aromatic rings. The van der Waals surface area contributed by atoms with E-state index in [4.69, 9.17) is 11.6 Å². The van der Waals surface area contributed by atoms with Gasteiger partial charge in [-0.15, -0.1) is 13.2 Å². The smallest absolute Gasteiger partial charge is 0.406 e. The van der Waals surface area contributed by atoms with Gasteiger partial charge in [0.2, 0.25) is 0 Å². The fourth-order valence-corrected chi connectivity index (χ4v) is 1.60. The van der Waals surface area contributed by atoms with E-state index in [2.05, 4.69) is 4.74 Å². The van der Waals surface area contributed by atoms with Crippen molar-refractivity contribution in [2.24, 2.45) is 5.41 Å². The summed E-state index contributed by atoms with van der Waals surface area (Å²) in [7, 11) is 0. The van der Waals surface area contributed by atoms with E-state index >= 15 is 0 Å². The summed E-state index contributed by atoms with van der Waals surface area (Å²) in [6.07, 6.45) is -4.25. The number of rotatable bonds is 4. The zero-order valence-corrected chi connectivity index (χ0v) is 11.5. The van der Waals surface area contributed by atoms with Crippen molar-refractivity contribution in [2.45, 2.75) is 33.6 Å². The van der Waals surface area contributed by atoms with Crippen LogP contribution >= 0.6 is 11.6 Å². The molecule has 106 valence electrons. The van der Waals surface area contributed by atoms with Gasteiger partial charge in [0, 0.05) is 11.0 Å². The van der Waals surface area contributed by atoms with Gasteiger partial charge < -0.3 is 4.74 Å². The molecule has 0 heterocycles. The van der Waals surface area contributed by atoms with E-state index in [0.717, 1.165) is 12.1 Å². The normalized spacial score (nSPS) is 12.4. The average molecular weight is 295 g/mol. The van der Waals surface area contributed by atoms with Crippen molar-refractivity contribution < 1.29 is 22.7 Å². The highest BCUT2D eigenvalue weighted by Gasteiger charge is 2.33. The van der Waals surface area contributed by atoms with E-state index in [9.17, 15) is 18.0 Å². The van der Waals surface area contributed by atoms with E-state index in [1.807, 2.05) is 6.92 Å². The lowest BCUT2D eigenvalue weighted by molar-refractivity contribution is -0.274. The van der Waals surface area contributed by atoms with Crippen LogP contribution in [0.5, 0.6) is 5.75 Å². The molecule has 0 unspecified atom stereocenters. The number of hydrogen-bond acceptors (Lipinski definition) is 2. The standard InChI is InChI=1S/C13H14ClF3O2/c1-4-12(2,3)11(18)9-7-8(5-6-10(9)14)19-13(15,16)17/h5-7H,4H2,1-3H3. The quantitative estimate of drug-likeness (QED) is 0.741.